The molecule has 0 aliphatic rings. The monoisotopic (exact) mass is 509 g/mol. The maximum Gasteiger partial charge on any atom is 0.119 e. The van der Waals surface area contributed by atoms with Crippen LogP contribution in [0, 0.1) is 0 Å². The Morgan fingerprint density at radius 2 is 0.821 bits per heavy atom. The molecule has 3 aromatic heterocycles. The Balaban J connectivity index is 1.29. The number of rotatable bonds is 6. The molecule has 0 bridgehead atoms. The van der Waals surface area contributed by atoms with E-state index in [0.29, 0.717) is 0 Å². The molecule has 0 spiro atoms. The van der Waals surface area contributed by atoms with Crippen molar-refractivity contribution >= 4 is 21.8 Å². The predicted octanol–water partition coefficient (Wildman–Crippen LogP) is 8.66. The van der Waals surface area contributed by atoms with Gasteiger partial charge >= 0.3 is 0 Å². The van der Waals surface area contributed by atoms with Crippen LogP contribution < -0.4 is 9.47 Å². The molecule has 0 amide bonds. The molecular weight excluding hydrogens is 482 g/mol. The zero-order valence-corrected chi connectivity index (χ0v) is 21.7. The summed E-state index contributed by atoms with van der Waals surface area (Å²) in [5.41, 5.74) is 11.0. The van der Waals surface area contributed by atoms with E-state index in [2.05, 4.69) is 112 Å². The van der Waals surface area contributed by atoms with E-state index >= 15 is 0 Å². The summed E-state index contributed by atoms with van der Waals surface area (Å²) in [5.74, 6) is 1.70. The zero-order valence-electron chi connectivity index (χ0n) is 21.7. The highest BCUT2D eigenvalue weighted by atomic mass is 16.5. The first kappa shape index (κ1) is 23.0. The van der Waals surface area contributed by atoms with Gasteiger partial charge in [-0.05, 0) is 60.7 Å². The molecule has 7 rings (SSSR count). The molecule has 4 aromatic carbocycles. The molecule has 39 heavy (non-hydrogen) atoms. The second kappa shape index (κ2) is 9.30. The molecule has 0 unspecified atom stereocenters. The van der Waals surface area contributed by atoms with Gasteiger partial charge < -0.3 is 24.4 Å². The Kier molecular flexibility index (Phi) is 5.48. The molecule has 3 heterocycles. The minimum Gasteiger partial charge on any atom is -0.497 e. The van der Waals surface area contributed by atoms with Crippen LogP contribution in [0.4, 0.5) is 0 Å². The number of fused-ring (bicyclic) bond motifs is 2. The average molecular weight is 510 g/mol. The summed E-state index contributed by atoms with van der Waals surface area (Å²) in [6.07, 6.45) is 0. The van der Waals surface area contributed by atoms with E-state index in [1.807, 2.05) is 12.1 Å². The van der Waals surface area contributed by atoms with Crippen LogP contribution in [0.3, 0.4) is 0 Å². The Morgan fingerprint density at radius 3 is 1.23 bits per heavy atom. The van der Waals surface area contributed by atoms with Crippen LogP contribution in [0.1, 0.15) is 0 Å². The van der Waals surface area contributed by atoms with Crippen LogP contribution in [0.15, 0.2) is 109 Å². The van der Waals surface area contributed by atoms with Gasteiger partial charge in [0.05, 0.1) is 14.2 Å². The van der Waals surface area contributed by atoms with Crippen molar-refractivity contribution in [2.75, 3.05) is 14.2 Å². The molecule has 0 saturated heterocycles. The van der Waals surface area contributed by atoms with E-state index in [4.69, 9.17) is 9.47 Å². The molecule has 190 valence electrons. The molecule has 0 aliphatic heterocycles. The van der Waals surface area contributed by atoms with Crippen molar-refractivity contribution in [3.05, 3.63) is 109 Å². The first-order valence-electron chi connectivity index (χ1n) is 12.9. The van der Waals surface area contributed by atoms with E-state index in [9.17, 15) is 0 Å². The lowest BCUT2D eigenvalue weighted by atomic mass is 10.0. The Bertz CT molecular complexity index is 1820. The van der Waals surface area contributed by atoms with Crippen LogP contribution in [0.2, 0.25) is 0 Å². The van der Waals surface area contributed by atoms with E-state index in [0.717, 1.165) is 78.3 Å². The number of nitrogens with one attached hydrogen (secondary N) is 3. The number of methoxy groups -OCH3 is 2. The third-order valence-corrected chi connectivity index (χ3v) is 7.36. The summed E-state index contributed by atoms with van der Waals surface area (Å²) >= 11 is 0. The first-order valence-corrected chi connectivity index (χ1v) is 12.9. The van der Waals surface area contributed by atoms with Crippen LogP contribution >= 0.6 is 0 Å². The molecule has 0 aliphatic carbocycles. The molecular formula is C34H27N3O2. The predicted molar refractivity (Wildman–Crippen MR) is 159 cm³/mol. The van der Waals surface area contributed by atoms with E-state index < -0.39 is 0 Å². The normalized spacial score (nSPS) is 11.3. The summed E-state index contributed by atoms with van der Waals surface area (Å²) in [5, 5.41) is 2.24. The molecule has 0 fully saturated rings. The summed E-state index contributed by atoms with van der Waals surface area (Å²) in [6, 6.07) is 37.8. The first-order chi connectivity index (χ1) is 19.2. The number of benzene rings is 4. The van der Waals surface area contributed by atoms with Gasteiger partial charge in [0, 0.05) is 66.8 Å². The van der Waals surface area contributed by atoms with Crippen molar-refractivity contribution in [3.8, 4) is 56.5 Å². The summed E-state index contributed by atoms with van der Waals surface area (Å²) in [6.45, 7) is 0. The lowest BCUT2D eigenvalue weighted by Gasteiger charge is -2.08. The van der Waals surface area contributed by atoms with E-state index in [1.165, 1.54) is 0 Å². The van der Waals surface area contributed by atoms with Crippen LogP contribution in [0.5, 0.6) is 11.5 Å². The Morgan fingerprint density at radius 1 is 0.410 bits per heavy atom. The van der Waals surface area contributed by atoms with Crippen LogP contribution in [-0.2, 0) is 0 Å². The second-order valence-electron chi connectivity index (χ2n) is 9.65. The van der Waals surface area contributed by atoms with E-state index in [-0.39, 0.29) is 0 Å². The largest absolute Gasteiger partial charge is 0.497 e. The lowest BCUT2D eigenvalue weighted by Crippen LogP contribution is -1.87. The fourth-order valence-corrected chi connectivity index (χ4v) is 5.38. The van der Waals surface area contributed by atoms with Crippen LogP contribution in [-0.4, -0.2) is 29.2 Å². The molecule has 5 nitrogen and oxygen atoms in total. The Labute approximate surface area is 226 Å². The molecule has 0 saturated carbocycles. The number of hydrogen-bond donors (Lipinski definition) is 3. The van der Waals surface area contributed by atoms with Gasteiger partial charge in [0.2, 0.25) is 0 Å². The molecule has 7 aromatic rings. The SMILES string of the molecule is COc1ccc2[nH]c(-c3ccccc3-c3ccc(-c4ccccc4-c4cc5cc(OC)ccc5[nH]4)[nH]3)cc2c1. The summed E-state index contributed by atoms with van der Waals surface area (Å²) < 4.78 is 10.8. The van der Waals surface area contributed by atoms with Gasteiger partial charge in [-0.25, -0.2) is 0 Å². The fraction of sp³-hybridized carbons (Fsp3) is 0.0588. The molecule has 5 heteroatoms. The lowest BCUT2D eigenvalue weighted by molar-refractivity contribution is 0.415. The number of ether oxygens (including phenoxy) is 2. The highest BCUT2D eigenvalue weighted by Crippen LogP contribution is 2.37. The number of aromatic nitrogens is 3. The van der Waals surface area contributed by atoms with Crippen molar-refractivity contribution in [1.82, 2.24) is 15.0 Å². The highest BCUT2D eigenvalue weighted by Gasteiger charge is 2.15. The third-order valence-electron chi connectivity index (χ3n) is 7.36. The van der Waals surface area contributed by atoms with Crippen molar-refractivity contribution in [1.29, 1.82) is 0 Å². The summed E-state index contributed by atoms with van der Waals surface area (Å²) in [4.78, 5) is 10.9. The zero-order chi connectivity index (χ0) is 26.3. The van der Waals surface area contributed by atoms with Crippen molar-refractivity contribution in [2.24, 2.45) is 0 Å². The Hall–Kier alpha value is -5.16. The van der Waals surface area contributed by atoms with Gasteiger partial charge in [0.15, 0.2) is 0 Å². The molecule has 0 radical (unpaired) electrons. The standard InChI is InChI=1S/C34H27N3O2/c1-38-23-11-13-29-21(17-23)19-33(35-29)27-9-5-3-7-25(27)31-15-16-32(37-31)26-8-4-6-10-28(26)34-20-22-18-24(39-2)12-14-30(22)36-34/h3-20,35-37H,1-2H3. The average Bonchev–Trinajstić information content (AvgIpc) is 3.74. The smallest absolute Gasteiger partial charge is 0.119 e. The van der Waals surface area contributed by atoms with Crippen molar-refractivity contribution < 1.29 is 9.47 Å². The van der Waals surface area contributed by atoms with Crippen molar-refractivity contribution in [2.45, 2.75) is 0 Å². The van der Waals surface area contributed by atoms with Gasteiger partial charge in [0.1, 0.15) is 11.5 Å². The minimum atomic E-state index is 0.850. The topological polar surface area (TPSA) is 65.8 Å². The summed E-state index contributed by atoms with van der Waals surface area (Å²) in [7, 11) is 3.39. The maximum absolute atomic E-state index is 5.42. The van der Waals surface area contributed by atoms with E-state index in [1.54, 1.807) is 14.2 Å². The van der Waals surface area contributed by atoms with Gasteiger partial charge in [0.25, 0.3) is 0 Å². The molecule has 3 N–H and O–H groups in total. The fourth-order valence-electron chi connectivity index (χ4n) is 5.38. The van der Waals surface area contributed by atoms with Gasteiger partial charge in [-0.2, -0.15) is 0 Å². The maximum atomic E-state index is 5.42. The number of H-pyrrole nitrogens is 3. The molecule has 0 atom stereocenters. The minimum absolute atomic E-state index is 0.850. The van der Waals surface area contributed by atoms with Gasteiger partial charge in [-0.3, -0.25) is 0 Å². The second-order valence-corrected chi connectivity index (χ2v) is 9.65. The van der Waals surface area contributed by atoms with Crippen LogP contribution in [0.25, 0.3) is 66.8 Å². The number of aromatic amines is 3. The number of hydrogen-bond acceptors (Lipinski definition) is 2. The highest BCUT2D eigenvalue weighted by molar-refractivity contribution is 5.93. The van der Waals surface area contributed by atoms with Gasteiger partial charge in [-0.15, -0.1) is 0 Å². The van der Waals surface area contributed by atoms with Crippen molar-refractivity contribution in [3.63, 3.8) is 0 Å². The quantitative estimate of drug-likeness (QED) is 0.210. The van der Waals surface area contributed by atoms with Gasteiger partial charge in [-0.1, -0.05) is 48.5 Å². The third kappa shape index (κ3) is 4.05.